The number of hydrogen-bond donors (Lipinski definition) is 0. The van der Waals surface area contributed by atoms with Crippen molar-refractivity contribution >= 4 is 17.7 Å². The molecule has 0 radical (unpaired) electrons. The number of aldehydes is 1. The molecule has 0 spiro atoms. The number of hydrogen-bond acceptors (Lipinski definition) is 4. The number of carbonyl (C=O) groups is 1. The average Bonchev–Trinajstić information content (AvgIpc) is 3.34. The summed E-state index contributed by atoms with van der Waals surface area (Å²) in [6, 6.07) is 14.6. The number of rotatable bonds is 3. The van der Waals surface area contributed by atoms with E-state index in [4.69, 9.17) is 9.84 Å². The van der Waals surface area contributed by atoms with Gasteiger partial charge in [-0.1, -0.05) is 43.2 Å². The number of halogens is 1. The molecule has 2 aromatic carbocycles. The predicted octanol–water partition coefficient (Wildman–Crippen LogP) is 4.31. The van der Waals surface area contributed by atoms with E-state index in [0.717, 1.165) is 43.2 Å². The van der Waals surface area contributed by atoms with E-state index in [1.165, 1.54) is 12.1 Å². The molecule has 0 aromatic heterocycles. The Kier molecular flexibility index (Phi) is 3.78. The number of benzene rings is 2. The van der Waals surface area contributed by atoms with Gasteiger partial charge in [-0.05, 0) is 30.5 Å². The van der Waals surface area contributed by atoms with Crippen LogP contribution < -0.4 is 9.75 Å². The van der Waals surface area contributed by atoms with Crippen molar-refractivity contribution in [3.63, 3.8) is 0 Å². The number of hydrazone groups is 1. The second kappa shape index (κ2) is 6.19. The van der Waals surface area contributed by atoms with Crippen LogP contribution in [0.5, 0.6) is 5.75 Å². The molecule has 2 atom stereocenters. The lowest BCUT2D eigenvalue weighted by Crippen LogP contribution is -2.42. The van der Waals surface area contributed by atoms with E-state index in [-0.39, 0.29) is 17.8 Å². The van der Waals surface area contributed by atoms with Gasteiger partial charge in [0.15, 0.2) is 0 Å². The summed E-state index contributed by atoms with van der Waals surface area (Å²) in [6.45, 7) is 0.458. The summed E-state index contributed by atoms with van der Waals surface area (Å²) in [5.74, 6) is 0.283. The maximum atomic E-state index is 13.9. The normalized spacial score (nSPS) is 25.4. The van der Waals surface area contributed by atoms with Gasteiger partial charge < -0.3 is 9.53 Å². The molecule has 2 heterocycles. The molecule has 2 aliphatic heterocycles. The fourth-order valence-corrected chi connectivity index (χ4v) is 4.83. The van der Waals surface area contributed by atoms with Crippen molar-refractivity contribution in [1.29, 1.82) is 0 Å². The minimum atomic E-state index is -0.522. The number of ether oxygens (including phenoxy) is 1. The molecule has 2 unspecified atom stereocenters. The monoisotopic (exact) mass is 364 g/mol. The highest BCUT2D eigenvalue weighted by molar-refractivity contribution is 6.08. The Balaban J connectivity index is 1.67. The first-order valence-electron chi connectivity index (χ1n) is 9.54. The molecule has 0 N–H and O–H groups in total. The topological polar surface area (TPSA) is 41.9 Å². The maximum absolute atomic E-state index is 13.9. The van der Waals surface area contributed by atoms with E-state index in [9.17, 15) is 9.18 Å². The summed E-state index contributed by atoms with van der Waals surface area (Å²) >= 11 is 0. The largest absolute Gasteiger partial charge is 0.489 e. The minimum Gasteiger partial charge on any atom is -0.489 e. The van der Waals surface area contributed by atoms with Crippen LogP contribution in [0.25, 0.3) is 0 Å². The summed E-state index contributed by atoms with van der Waals surface area (Å²) in [5, 5.41) is 6.83. The van der Waals surface area contributed by atoms with Gasteiger partial charge in [0.1, 0.15) is 30.1 Å². The Labute approximate surface area is 157 Å². The number of carbonyl (C=O) groups excluding carboxylic acids is 1. The Bertz CT molecular complexity index is 906. The first-order valence-corrected chi connectivity index (χ1v) is 9.54. The van der Waals surface area contributed by atoms with Crippen LogP contribution in [0.1, 0.15) is 37.2 Å². The summed E-state index contributed by atoms with van der Waals surface area (Å²) in [7, 11) is 0. The van der Waals surface area contributed by atoms with E-state index in [2.05, 4.69) is 12.1 Å². The Morgan fingerprint density at radius 1 is 1.15 bits per heavy atom. The highest BCUT2D eigenvalue weighted by atomic mass is 19.1. The molecular formula is C22H21FN2O2. The van der Waals surface area contributed by atoms with E-state index >= 15 is 0 Å². The summed E-state index contributed by atoms with van der Waals surface area (Å²) in [6.07, 6.45) is 4.82. The Morgan fingerprint density at radius 2 is 1.93 bits per heavy atom. The fourth-order valence-electron chi connectivity index (χ4n) is 4.83. The third kappa shape index (κ3) is 2.48. The van der Waals surface area contributed by atoms with Gasteiger partial charge >= 0.3 is 0 Å². The van der Waals surface area contributed by atoms with Crippen LogP contribution in [0.15, 0.2) is 53.6 Å². The van der Waals surface area contributed by atoms with E-state index < -0.39 is 5.41 Å². The standard InChI is InChI=1S/C22H21FN2O2/c23-16-8-9-19-17(12-16)25-18(13-27-19)20(15-6-2-1-3-7-15)21(24-25)22(14-26)10-4-5-11-22/h1-3,6-9,12,14,18,20H,4-5,10-11,13H2. The molecule has 4 nitrogen and oxygen atoms in total. The van der Waals surface area contributed by atoms with Crippen molar-refractivity contribution in [2.75, 3.05) is 11.6 Å². The molecule has 0 saturated heterocycles. The number of anilines is 1. The zero-order chi connectivity index (χ0) is 18.4. The van der Waals surface area contributed by atoms with Gasteiger partial charge in [0, 0.05) is 6.07 Å². The van der Waals surface area contributed by atoms with Gasteiger partial charge in [-0.15, -0.1) is 0 Å². The van der Waals surface area contributed by atoms with Crippen LogP contribution in [0, 0.1) is 11.2 Å². The quantitative estimate of drug-likeness (QED) is 0.763. The molecule has 5 heteroatoms. The van der Waals surface area contributed by atoms with Gasteiger partial charge in [0.2, 0.25) is 0 Å². The molecule has 3 aliphatic rings. The Hall–Kier alpha value is -2.69. The summed E-state index contributed by atoms with van der Waals surface area (Å²) in [5.41, 5.74) is 2.15. The van der Waals surface area contributed by atoms with Crippen molar-refractivity contribution in [3.05, 3.63) is 59.9 Å². The third-order valence-electron chi connectivity index (χ3n) is 6.18. The molecule has 138 valence electrons. The van der Waals surface area contributed by atoms with Crippen LogP contribution >= 0.6 is 0 Å². The molecule has 0 bridgehead atoms. The van der Waals surface area contributed by atoms with Crippen LogP contribution in [0.2, 0.25) is 0 Å². The number of fused-ring (bicyclic) bond motifs is 3. The highest BCUT2D eigenvalue weighted by Gasteiger charge is 2.51. The van der Waals surface area contributed by atoms with Crippen LogP contribution in [-0.2, 0) is 4.79 Å². The Morgan fingerprint density at radius 3 is 2.67 bits per heavy atom. The fraction of sp³-hybridized carbons (Fsp3) is 0.364. The average molecular weight is 364 g/mol. The predicted molar refractivity (Wildman–Crippen MR) is 102 cm³/mol. The van der Waals surface area contributed by atoms with Gasteiger partial charge in [-0.2, -0.15) is 5.10 Å². The maximum Gasteiger partial charge on any atom is 0.144 e. The zero-order valence-corrected chi connectivity index (χ0v) is 15.0. The first kappa shape index (κ1) is 16.5. The van der Waals surface area contributed by atoms with Crippen molar-refractivity contribution in [1.82, 2.24) is 0 Å². The van der Waals surface area contributed by atoms with Crippen LogP contribution in [0.3, 0.4) is 0 Å². The SMILES string of the molecule is O=CC1(C2=NN3c4cc(F)ccc4OCC3C2c2ccccc2)CCCC1. The lowest BCUT2D eigenvalue weighted by atomic mass is 9.73. The summed E-state index contributed by atoms with van der Waals surface area (Å²) in [4.78, 5) is 12.2. The van der Waals surface area contributed by atoms with Crippen molar-refractivity contribution in [2.45, 2.75) is 37.6 Å². The van der Waals surface area contributed by atoms with Crippen LogP contribution in [-0.4, -0.2) is 24.6 Å². The van der Waals surface area contributed by atoms with E-state index in [0.29, 0.717) is 18.0 Å². The van der Waals surface area contributed by atoms with Crippen molar-refractivity contribution < 1.29 is 13.9 Å². The summed E-state index contributed by atoms with van der Waals surface area (Å²) < 4.78 is 19.9. The molecule has 1 saturated carbocycles. The van der Waals surface area contributed by atoms with Gasteiger partial charge in [0.25, 0.3) is 0 Å². The van der Waals surface area contributed by atoms with Crippen LogP contribution in [0.4, 0.5) is 10.1 Å². The molecule has 2 aromatic rings. The van der Waals surface area contributed by atoms with Crippen molar-refractivity contribution in [3.8, 4) is 5.75 Å². The lowest BCUT2D eigenvalue weighted by molar-refractivity contribution is -0.113. The van der Waals surface area contributed by atoms with Gasteiger partial charge in [-0.25, -0.2) is 4.39 Å². The van der Waals surface area contributed by atoms with E-state index in [1.807, 2.05) is 23.2 Å². The third-order valence-corrected chi connectivity index (χ3v) is 6.18. The molecule has 1 fully saturated rings. The van der Waals surface area contributed by atoms with Gasteiger partial charge in [-0.3, -0.25) is 5.01 Å². The molecule has 1 aliphatic carbocycles. The number of nitrogens with zero attached hydrogens (tertiary/aromatic N) is 2. The first-order chi connectivity index (χ1) is 13.2. The lowest BCUT2D eigenvalue weighted by Gasteiger charge is -2.34. The molecule has 0 amide bonds. The molecular weight excluding hydrogens is 343 g/mol. The minimum absolute atomic E-state index is 0.0362. The smallest absolute Gasteiger partial charge is 0.144 e. The second-order valence-electron chi connectivity index (χ2n) is 7.69. The van der Waals surface area contributed by atoms with Crippen molar-refractivity contribution in [2.24, 2.45) is 10.5 Å². The molecule has 27 heavy (non-hydrogen) atoms. The van der Waals surface area contributed by atoms with Gasteiger partial charge in [0.05, 0.1) is 23.1 Å². The molecule has 5 rings (SSSR count). The highest BCUT2D eigenvalue weighted by Crippen LogP contribution is 2.49. The zero-order valence-electron chi connectivity index (χ0n) is 15.0. The second-order valence-corrected chi connectivity index (χ2v) is 7.69. The van der Waals surface area contributed by atoms with E-state index in [1.54, 1.807) is 6.07 Å².